The maximum absolute atomic E-state index is 11.2. The first-order chi connectivity index (χ1) is 8.65. The van der Waals surface area contributed by atoms with E-state index >= 15 is 0 Å². The molecule has 1 N–H and O–H groups in total. The minimum absolute atomic E-state index is 0.336. The molecule has 0 radical (unpaired) electrons. The molecule has 1 aromatic heterocycles. The normalized spacial score (nSPS) is 10.6. The Labute approximate surface area is 114 Å². The lowest BCUT2D eigenvalue weighted by atomic mass is 10.1. The van der Waals surface area contributed by atoms with Crippen LogP contribution in [0.25, 0.3) is 11.3 Å². The zero-order valence-electron chi connectivity index (χ0n) is 10.1. The molecule has 1 heterocycles. The van der Waals surface area contributed by atoms with Gasteiger partial charge in [0.25, 0.3) is 0 Å². The van der Waals surface area contributed by atoms with Gasteiger partial charge in [-0.1, -0.05) is 41.1 Å². The Morgan fingerprint density at radius 2 is 2.00 bits per heavy atom. The molecule has 2 aromatic rings. The summed E-state index contributed by atoms with van der Waals surface area (Å²) in [6, 6.07) is 11.4. The van der Waals surface area contributed by atoms with Crippen molar-refractivity contribution in [1.82, 2.24) is 4.57 Å². The molecule has 2 rings (SSSR count). The van der Waals surface area contributed by atoms with Crippen molar-refractivity contribution in [3.05, 3.63) is 46.6 Å². The highest BCUT2D eigenvalue weighted by molar-refractivity contribution is 9.10. The lowest BCUT2D eigenvalue weighted by Crippen LogP contribution is -2.09. The largest absolute Gasteiger partial charge is 0.477 e. The van der Waals surface area contributed by atoms with E-state index in [1.54, 1.807) is 6.07 Å². The third-order valence-electron chi connectivity index (χ3n) is 2.80. The third kappa shape index (κ3) is 2.34. The number of aromatic carboxylic acids is 1. The van der Waals surface area contributed by atoms with E-state index in [0.717, 1.165) is 22.2 Å². The number of aromatic nitrogens is 1. The number of benzene rings is 1. The van der Waals surface area contributed by atoms with Gasteiger partial charge in [-0.25, -0.2) is 4.79 Å². The number of carboxylic acid groups (broad SMARTS) is 1. The van der Waals surface area contributed by atoms with Crippen LogP contribution in [0.15, 0.2) is 40.9 Å². The van der Waals surface area contributed by atoms with Crippen molar-refractivity contribution >= 4 is 21.9 Å². The number of nitrogens with zero attached hydrogens (tertiary/aromatic N) is 1. The second-order valence-electron chi connectivity index (χ2n) is 4.04. The van der Waals surface area contributed by atoms with E-state index < -0.39 is 5.97 Å². The first-order valence-corrected chi connectivity index (χ1v) is 6.62. The number of rotatable bonds is 4. The van der Waals surface area contributed by atoms with Crippen molar-refractivity contribution < 1.29 is 9.90 Å². The fourth-order valence-electron chi connectivity index (χ4n) is 2.02. The van der Waals surface area contributed by atoms with Gasteiger partial charge >= 0.3 is 5.97 Å². The highest BCUT2D eigenvalue weighted by atomic mass is 79.9. The van der Waals surface area contributed by atoms with Gasteiger partial charge in [-0.2, -0.15) is 0 Å². The minimum atomic E-state index is -0.887. The first kappa shape index (κ1) is 12.9. The number of carboxylic acids is 1. The molecular formula is C14H14BrNO2. The average Bonchev–Trinajstić information content (AvgIpc) is 2.74. The van der Waals surface area contributed by atoms with E-state index in [0.29, 0.717) is 12.2 Å². The highest BCUT2D eigenvalue weighted by Crippen LogP contribution is 2.29. The Hall–Kier alpha value is -1.55. The molecule has 1 aromatic carbocycles. The maximum Gasteiger partial charge on any atom is 0.352 e. The molecule has 0 aliphatic rings. The maximum atomic E-state index is 11.2. The second-order valence-corrected chi connectivity index (χ2v) is 4.89. The molecule has 18 heavy (non-hydrogen) atoms. The number of halogens is 1. The summed E-state index contributed by atoms with van der Waals surface area (Å²) in [5.74, 6) is -0.887. The van der Waals surface area contributed by atoms with Crippen molar-refractivity contribution in [3.63, 3.8) is 0 Å². The molecule has 0 atom stereocenters. The van der Waals surface area contributed by atoms with Crippen molar-refractivity contribution in [1.29, 1.82) is 0 Å². The number of carbonyl (C=O) groups is 1. The summed E-state index contributed by atoms with van der Waals surface area (Å²) in [6.07, 6.45) is 0.895. The van der Waals surface area contributed by atoms with Gasteiger partial charge in [-0.05, 0) is 24.6 Å². The van der Waals surface area contributed by atoms with Crippen LogP contribution in [0.1, 0.15) is 23.8 Å². The van der Waals surface area contributed by atoms with E-state index in [4.69, 9.17) is 0 Å². The van der Waals surface area contributed by atoms with Gasteiger partial charge in [0.1, 0.15) is 5.69 Å². The zero-order valence-corrected chi connectivity index (χ0v) is 11.6. The Kier molecular flexibility index (Phi) is 3.87. The van der Waals surface area contributed by atoms with Gasteiger partial charge in [0, 0.05) is 22.3 Å². The van der Waals surface area contributed by atoms with Gasteiger partial charge in [0.2, 0.25) is 0 Å². The van der Waals surface area contributed by atoms with E-state index in [9.17, 15) is 9.90 Å². The van der Waals surface area contributed by atoms with E-state index in [-0.39, 0.29) is 0 Å². The first-order valence-electron chi connectivity index (χ1n) is 5.83. The van der Waals surface area contributed by atoms with Gasteiger partial charge in [-0.15, -0.1) is 0 Å². The molecule has 0 unspecified atom stereocenters. The fraction of sp³-hybridized carbons (Fsp3) is 0.214. The van der Waals surface area contributed by atoms with Crippen molar-refractivity contribution in [2.45, 2.75) is 19.9 Å². The quantitative estimate of drug-likeness (QED) is 0.926. The second kappa shape index (κ2) is 5.40. The molecular weight excluding hydrogens is 294 g/mol. The standard InChI is InChI=1S/C14H14BrNO2/c1-2-9-16-12(7-8-13(16)14(17)18)10-5-3-4-6-11(10)15/h3-8H,2,9H2,1H3,(H,17,18). The zero-order chi connectivity index (χ0) is 13.1. The van der Waals surface area contributed by atoms with Crippen LogP contribution < -0.4 is 0 Å². The van der Waals surface area contributed by atoms with Crippen molar-refractivity contribution in [2.24, 2.45) is 0 Å². The van der Waals surface area contributed by atoms with E-state index in [1.807, 2.05) is 41.8 Å². The van der Waals surface area contributed by atoms with Gasteiger partial charge in [-0.3, -0.25) is 0 Å². The van der Waals surface area contributed by atoms with Crippen molar-refractivity contribution in [2.75, 3.05) is 0 Å². The van der Waals surface area contributed by atoms with Crippen LogP contribution in [0.5, 0.6) is 0 Å². The molecule has 0 aliphatic carbocycles. The Morgan fingerprint density at radius 3 is 2.61 bits per heavy atom. The molecule has 0 saturated heterocycles. The van der Waals surface area contributed by atoms with E-state index in [2.05, 4.69) is 15.9 Å². The number of hydrogen-bond acceptors (Lipinski definition) is 1. The summed E-state index contributed by atoms with van der Waals surface area (Å²) in [4.78, 5) is 11.2. The smallest absolute Gasteiger partial charge is 0.352 e. The predicted molar refractivity (Wildman–Crippen MR) is 74.8 cm³/mol. The summed E-state index contributed by atoms with van der Waals surface area (Å²) < 4.78 is 2.82. The molecule has 0 bridgehead atoms. The highest BCUT2D eigenvalue weighted by Gasteiger charge is 2.15. The summed E-state index contributed by atoms with van der Waals surface area (Å²) >= 11 is 3.50. The van der Waals surface area contributed by atoms with Gasteiger partial charge < -0.3 is 9.67 Å². The Morgan fingerprint density at radius 1 is 1.28 bits per heavy atom. The molecule has 0 fully saturated rings. The SMILES string of the molecule is CCCn1c(C(=O)O)ccc1-c1ccccc1Br. The predicted octanol–water partition coefficient (Wildman–Crippen LogP) is 4.03. The fourth-order valence-corrected chi connectivity index (χ4v) is 2.51. The van der Waals surface area contributed by atoms with Crippen LogP contribution >= 0.6 is 15.9 Å². The summed E-state index contributed by atoms with van der Waals surface area (Å²) in [5, 5.41) is 9.19. The Bertz CT molecular complexity index is 575. The van der Waals surface area contributed by atoms with Gasteiger partial charge in [0.15, 0.2) is 0 Å². The van der Waals surface area contributed by atoms with Gasteiger partial charge in [0.05, 0.1) is 0 Å². The van der Waals surface area contributed by atoms with Crippen LogP contribution in [-0.2, 0) is 6.54 Å². The Balaban J connectivity index is 2.58. The van der Waals surface area contributed by atoms with Crippen LogP contribution in [0, 0.1) is 0 Å². The molecule has 0 amide bonds. The van der Waals surface area contributed by atoms with Crippen LogP contribution in [0.2, 0.25) is 0 Å². The minimum Gasteiger partial charge on any atom is -0.477 e. The van der Waals surface area contributed by atoms with Crippen LogP contribution in [-0.4, -0.2) is 15.6 Å². The third-order valence-corrected chi connectivity index (χ3v) is 3.49. The topological polar surface area (TPSA) is 42.2 Å². The molecule has 94 valence electrons. The summed E-state index contributed by atoms with van der Waals surface area (Å²) in [5.41, 5.74) is 2.28. The number of hydrogen-bond donors (Lipinski definition) is 1. The average molecular weight is 308 g/mol. The molecule has 0 saturated carbocycles. The summed E-state index contributed by atoms with van der Waals surface area (Å²) in [7, 11) is 0. The van der Waals surface area contributed by atoms with Crippen LogP contribution in [0.4, 0.5) is 0 Å². The molecule has 4 heteroatoms. The summed E-state index contributed by atoms with van der Waals surface area (Å²) in [6.45, 7) is 2.74. The monoisotopic (exact) mass is 307 g/mol. The molecule has 0 aliphatic heterocycles. The molecule has 0 spiro atoms. The molecule has 3 nitrogen and oxygen atoms in total. The van der Waals surface area contributed by atoms with E-state index in [1.165, 1.54) is 0 Å². The lowest BCUT2D eigenvalue weighted by molar-refractivity contribution is 0.0685. The van der Waals surface area contributed by atoms with Crippen LogP contribution in [0.3, 0.4) is 0 Å². The van der Waals surface area contributed by atoms with Crippen molar-refractivity contribution in [3.8, 4) is 11.3 Å². The lowest BCUT2D eigenvalue weighted by Gasteiger charge is -2.11.